The van der Waals surface area contributed by atoms with E-state index in [2.05, 4.69) is 6.92 Å². The lowest BCUT2D eigenvalue weighted by Gasteiger charge is -2.38. The molecule has 1 aromatic carbocycles. The molecule has 3 unspecified atom stereocenters. The van der Waals surface area contributed by atoms with Gasteiger partial charge in [-0.1, -0.05) is 37.3 Å². The summed E-state index contributed by atoms with van der Waals surface area (Å²) in [4.78, 5) is 14.3. The zero-order valence-corrected chi connectivity index (χ0v) is 13.1. The molecule has 2 rings (SSSR count). The van der Waals surface area contributed by atoms with Gasteiger partial charge >= 0.3 is 0 Å². The molecule has 1 aromatic rings. The van der Waals surface area contributed by atoms with E-state index in [1.54, 1.807) is 6.92 Å². The van der Waals surface area contributed by atoms with E-state index in [0.717, 1.165) is 12.0 Å². The third kappa shape index (κ3) is 4.05. The van der Waals surface area contributed by atoms with Crippen LogP contribution in [0.4, 0.5) is 0 Å². The standard InChI is InChI=1S/C17H25NO3/c1-4-15-12-18(11-13(2)21-15)16(19)10-17(3,20)14-8-6-5-7-9-14/h5-9,13,15,20H,4,10-12H2,1-3H3. The Morgan fingerprint density at radius 1 is 1.38 bits per heavy atom. The normalized spacial score (nSPS) is 25.4. The van der Waals surface area contributed by atoms with Gasteiger partial charge in [-0.15, -0.1) is 0 Å². The van der Waals surface area contributed by atoms with E-state index in [1.165, 1.54) is 0 Å². The molecule has 0 saturated carbocycles. The fourth-order valence-electron chi connectivity index (χ4n) is 2.78. The molecule has 0 aromatic heterocycles. The quantitative estimate of drug-likeness (QED) is 0.926. The highest BCUT2D eigenvalue weighted by Crippen LogP contribution is 2.26. The molecule has 1 heterocycles. The van der Waals surface area contributed by atoms with Crippen molar-refractivity contribution in [2.24, 2.45) is 0 Å². The van der Waals surface area contributed by atoms with Gasteiger partial charge in [0.05, 0.1) is 24.2 Å². The van der Waals surface area contributed by atoms with Crippen molar-refractivity contribution >= 4 is 5.91 Å². The van der Waals surface area contributed by atoms with Crippen LogP contribution in [0.5, 0.6) is 0 Å². The van der Waals surface area contributed by atoms with Crippen LogP contribution in [-0.2, 0) is 15.1 Å². The molecule has 21 heavy (non-hydrogen) atoms. The Morgan fingerprint density at radius 3 is 2.67 bits per heavy atom. The summed E-state index contributed by atoms with van der Waals surface area (Å²) >= 11 is 0. The maximum Gasteiger partial charge on any atom is 0.225 e. The van der Waals surface area contributed by atoms with Crippen molar-refractivity contribution in [2.45, 2.75) is 51.4 Å². The monoisotopic (exact) mass is 291 g/mol. The van der Waals surface area contributed by atoms with Crippen molar-refractivity contribution in [3.8, 4) is 0 Å². The average molecular weight is 291 g/mol. The van der Waals surface area contributed by atoms with Crippen molar-refractivity contribution in [3.05, 3.63) is 35.9 Å². The van der Waals surface area contributed by atoms with E-state index >= 15 is 0 Å². The lowest BCUT2D eigenvalue weighted by Crippen LogP contribution is -2.50. The fourth-order valence-corrected chi connectivity index (χ4v) is 2.78. The predicted molar refractivity (Wildman–Crippen MR) is 81.8 cm³/mol. The molecule has 3 atom stereocenters. The van der Waals surface area contributed by atoms with E-state index < -0.39 is 5.60 Å². The first kappa shape index (κ1) is 16.0. The molecular formula is C17H25NO3. The largest absolute Gasteiger partial charge is 0.385 e. The zero-order chi connectivity index (χ0) is 15.5. The maximum atomic E-state index is 12.5. The predicted octanol–water partition coefficient (Wildman–Crippen LogP) is 2.31. The van der Waals surface area contributed by atoms with Crippen LogP contribution < -0.4 is 0 Å². The van der Waals surface area contributed by atoms with Gasteiger partial charge in [0.1, 0.15) is 0 Å². The highest BCUT2D eigenvalue weighted by molar-refractivity contribution is 5.77. The number of amides is 1. The minimum atomic E-state index is -1.14. The number of benzene rings is 1. The molecule has 0 spiro atoms. The summed E-state index contributed by atoms with van der Waals surface area (Å²) in [6.45, 7) is 6.95. The van der Waals surface area contributed by atoms with Crippen molar-refractivity contribution in [2.75, 3.05) is 13.1 Å². The van der Waals surface area contributed by atoms with Crippen LogP contribution in [0.2, 0.25) is 0 Å². The van der Waals surface area contributed by atoms with Crippen LogP contribution >= 0.6 is 0 Å². The third-order valence-corrected chi connectivity index (χ3v) is 4.03. The van der Waals surface area contributed by atoms with E-state index in [1.807, 2.05) is 42.2 Å². The number of hydrogen-bond acceptors (Lipinski definition) is 3. The first-order chi connectivity index (χ1) is 9.92. The smallest absolute Gasteiger partial charge is 0.225 e. The highest BCUT2D eigenvalue weighted by Gasteiger charge is 2.32. The Bertz CT molecular complexity index is 472. The molecule has 4 heteroatoms. The van der Waals surface area contributed by atoms with Gasteiger partial charge in [0.15, 0.2) is 0 Å². The molecule has 116 valence electrons. The van der Waals surface area contributed by atoms with Gasteiger partial charge in [0.25, 0.3) is 0 Å². The SMILES string of the molecule is CCC1CN(C(=O)CC(C)(O)c2ccccc2)CC(C)O1. The number of carbonyl (C=O) groups is 1. The molecule has 1 aliphatic heterocycles. The third-order valence-electron chi connectivity index (χ3n) is 4.03. The summed E-state index contributed by atoms with van der Waals surface area (Å²) in [5.41, 5.74) is -0.367. The van der Waals surface area contributed by atoms with E-state index in [9.17, 15) is 9.90 Å². The Morgan fingerprint density at radius 2 is 2.05 bits per heavy atom. The minimum Gasteiger partial charge on any atom is -0.385 e. The number of ether oxygens (including phenoxy) is 1. The molecule has 0 bridgehead atoms. The van der Waals surface area contributed by atoms with Crippen molar-refractivity contribution < 1.29 is 14.6 Å². The number of rotatable bonds is 4. The molecule has 1 aliphatic rings. The fraction of sp³-hybridized carbons (Fsp3) is 0.588. The lowest BCUT2D eigenvalue weighted by atomic mass is 9.92. The van der Waals surface area contributed by atoms with Gasteiger partial charge in [-0.25, -0.2) is 0 Å². The van der Waals surface area contributed by atoms with Crippen molar-refractivity contribution in [1.82, 2.24) is 4.90 Å². The van der Waals surface area contributed by atoms with Gasteiger partial charge in [0.2, 0.25) is 5.91 Å². The molecule has 1 fully saturated rings. The Labute approximate surface area is 126 Å². The highest BCUT2D eigenvalue weighted by atomic mass is 16.5. The first-order valence-electron chi connectivity index (χ1n) is 7.63. The van der Waals surface area contributed by atoms with Gasteiger partial charge in [-0.2, -0.15) is 0 Å². The molecular weight excluding hydrogens is 266 g/mol. The molecule has 0 radical (unpaired) electrons. The van der Waals surface area contributed by atoms with Gasteiger partial charge < -0.3 is 14.7 Å². The molecule has 1 amide bonds. The zero-order valence-electron chi connectivity index (χ0n) is 13.1. The minimum absolute atomic E-state index is 0.0162. The first-order valence-corrected chi connectivity index (χ1v) is 7.63. The summed E-state index contributed by atoms with van der Waals surface area (Å²) in [5.74, 6) is -0.0162. The van der Waals surface area contributed by atoms with Crippen LogP contribution in [0.15, 0.2) is 30.3 Å². The molecule has 1 N–H and O–H groups in total. The van der Waals surface area contributed by atoms with Crippen LogP contribution in [-0.4, -0.2) is 41.2 Å². The van der Waals surface area contributed by atoms with Gasteiger partial charge in [0, 0.05) is 13.1 Å². The maximum absolute atomic E-state index is 12.5. The molecule has 4 nitrogen and oxygen atoms in total. The summed E-state index contributed by atoms with van der Waals surface area (Å²) in [6, 6.07) is 9.35. The lowest BCUT2D eigenvalue weighted by molar-refractivity contribution is -0.149. The second-order valence-corrected chi connectivity index (χ2v) is 6.09. The number of nitrogens with zero attached hydrogens (tertiary/aromatic N) is 1. The Kier molecular flexibility index (Phi) is 5.01. The van der Waals surface area contributed by atoms with Gasteiger partial charge in [-0.05, 0) is 25.8 Å². The summed E-state index contributed by atoms with van der Waals surface area (Å²) in [7, 11) is 0. The topological polar surface area (TPSA) is 49.8 Å². The average Bonchev–Trinajstić information content (AvgIpc) is 2.47. The number of morpholine rings is 1. The van der Waals surface area contributed by atoms with Crippen LogP contribution in [0, 0.1) is 0 Å². The second kappa shape index (κ2) is 6.58. The van der Waals surface area contributed by atoms with E-state index in [-0.39, 0.29) is 24.5 Å². The summed E-state index contributed by atoms with van der Waals surface area (Å²) < 4.78 is 5.77. The Hall–Kier alpha value is -1.39. The van der Waals surface area contributed by atoms with Gasteiger partial charge in [-0.3, -0.25) is 4.79 Å². The molecule has 0 aliphatic carbocycles. The van der Waals surface area contributed by atoms with E-state index in [0.29, 0.717) is 13.1 Å². The van der Waals surface area contributed by atoms with Crippen molar-refractivity contribution in [3.63, 3.8) is 0 Å². The summed E-state index contributed by atoms with van der Waals surface area (Å²) in [5, 5.41) is 10.6. The Balaban J connectivity index is 2.03. The van der Waals surface area contributed by atoms with Crippen LogP contribution in [0.3, 0.4) is 0 Å². The second-order valence-electron chi connectivity index (χ2n) is 6.09. The number of carbonyl (C=O) groups excluding carboxylic acids is 1. The molecule has 1 saturated heterocycles. The summed E-state index contributed by atoms with van der Waals surface area (Å²) in [6.07, 6.45) is 1.14. The van der Waals surface area contributed by atoms with Crippen LogP contribution in [0.25, 0.3) is 0 Å². The number of hydrogen-bond donors (Lipinski definition) is 1. The van der Waals surface area contributed by atoms with Crippen molar-refractivity contribution in [1.29, 1.82) is 0 Å². The number of aliphatic hydroxyl groups is 1. The van der Waals surface area contributed by atoms with E-state index in [4.69, 9.17) is 4.74 Å². The van der Waals surface area contributed by atoms with Crippen LogP contribution in [0.1, 0.15) is 39.2 Å².